The van der Waals surface area contributed by atoms with Gasteiger partial charge in [0.2, 0.25) is 5.91 Å². The zero-order chi connectivity index (χ0) is 22.0. The number of piperazine rings is 1. The van der Waals surface area contributed by atoms with Gasteiger partial charge in [0.1, 0.15) is 0 Å². The molecule has 3 aromatic rings. The summed E-state index contributed by atoms with van der Waals surface area (Å²) in [5, 5.41) is 1.53. The molecule has 7 nitrogen and oxygen atoms in total. The number of hydrogen-bond donors (Lipinski definition) is 1. The van der Waals surface area contributed by atoms with Crippen molar-refractivity contribution < 1.29 is 4.79 Å². The van der Waals surface area contributed by atoms with Crippen LogP contribution in [0.15, 0.2) is 52.1 Å². The lowest BCUT2D eigenvalue weighted by molar-refractivity contribution is -0.131. The number of H-pyrrole nitrogens is 1. The first kappa shape index (κ1) is 21.5. The van der Waals surface area contributed by atoms with Crippen LogP contribution in [0.25, 0.3) is 10.9 Å². The van der Waals surface area contributed by atoms with Gasteiger partial charge in [-0.15, -0.1) is 0 Å². The van der Waals surface area contributed by atoms with Crippen LogP contribution in [-0.4, -0.2) is 46.5 Å². The van der Waals surface area contributed by atoms with Crippen LogP contribution in [0.5, 0.6) is 0 Å². The fourth-order valence-electron chi connectivity index (χ4n) is 3.86. The molecule has 162 valence electrons. The number of aromatic nitrogens is 2. The lowest BCUT2D eigenvalue weighted by atomic mass is 10.2. The fraction of sp³-hybridized carbons (Fsp3) is 0.318. The average molecular weight is 461 g/mol. The Hall–Kier alpha value is -2.77. The van der Waals surface area contributed by atoms with Gasteiger partial charge in [-0.1, -0.05) is 29.3 Å². The third kappa shape index (κ3) is 4.78. The summed E-state index contributed by atoms with van der Waals surface area (Å²) in [6, 6.07) is 12.4. The molecule has 0 unspecified atom stereocenters. The van der Waals surface area contributed by atoms with Gasteiger partial charge in [0.15, 0.2) is 0 Å². The summed E-state index contributed by atoms with van der Waals surface area (Å²) >= 11 is 12.0. The van der Waals surface area contributed by atoms with Crippen LogP contribution in [0.2, 0.25) is 10.0 Å². The third-order valence-corrected chi connectivity index (χ3v) is 5.99. The minimum absolute atomic E-state index is 0.0304. The van der Waals surface area contributed by atoms with Crippen molar-refractivity contribution in [3.8, 4) is 0 Å². The highest BCUT2D eigenvalue weighted by molar-refractivity contribution is 6.31. The Kier molecular flexibility index (Phi) is 6.34. The second-order valence-corrected chi connectivity index (χ2v) is 8.40. The number of aromatic amines is 1. The lowest BCUT2D eigenvalue weighted by Gasteiger charge is -2.36. The molecule has 1 aliphatic heterocycles. The van der Waals surface area contributed by atoms with Crippen molar-refractivity contribution in [2.45, 2.75) is 19.4 Å². The highest BCUT2D eigenvalue weighted by atomic mass is 35.5. The van der Waals surface area contributed by atoms with E-state index in [1.807, 2.05) is 29.2 Å². The summed E-state index contributed by atoms with van der Waals surface area (Å²) in [6.45, 7) is 2.91. The van der Waals surface area contributed by atoms with Gasteiger partial charge in [-0.3, -0.25) is 14.2 Å². The SMILES string of the molecule is O=C(CCCn1c(=O)[nH]c2cc(Cl)ccc2c1=O)N1CCN(c2cccc(Cl)c2)CC1. The molecule has 2 heterocycles. The van der Waals surface area contributed by atoms with Crippen molar-refractivity contribution in [3.63, 3.8) is 0 Å². The Balaban J connectivity index is 1.33. The summed E-state index contributed by atoms with van der Waals surface area (Å²) in [6.07, 6.45) is 0.692. The van der Waals surface area contributed by atoms with E-state index in [-0.39, 0.29) is 24.4 Å². The molecular weight excluding hydrogens is 439 g/mol. The summed E-state index contributed by atoms with van der Waals surface area (Å²) < 4.78 is 1.14. The van der Waals surface area contributed by atoms with Crippen LogP contribution in [0.4, 0.5) is 5.69 Å². The van der Waals surface area contributed by atoms with Gasteiger partial charge in [-0.25, -0.2) is 4.79 Å². The van der Waals surface area contributed by atoms with E-state index < -0.39 is 5.69 Å². The van der Waals surface area contributed by atoms with E-state index in [0.717, 1.165) is 23.3 Å². The van der Waals surface area contributed by atoms with E-state index in [4.69, 9.17) is 23.2 Å². The predicted molar refractivity (Wildman–Crippen MR) is 123 cm³/mol. The van der Waals surface area contributed by atoms with Crippen LogP contribution >= 0.6 is 23.2 Å². The van der Waals surface area contributed by atoms with Crippen LogP contribution in [0.1, 0.15) is 12.8 Å². The average Bonchev–Trinajstić information content (AvgIpc) is 2.75. The molecule has 9 heteroatoms. The largest absolute Gasteiger partial charge is 0.368 e. The smallest absolute Gasteiger partial charge is 0.328 e. The van der Waals surface area contributed by atoms with Crippen molar-refractivity contribution in [2.75, 3.05) is 31.1 Å². The Morgan fingerprint density at radius 1 is 0.968 bits per heavy atom. The number of fused-ring (bicyclic) bond motifs is 1. The zero-order valence-corrected chi connectivity index (χ0v) is 18.3. The first-order valence-electron chi connectivity index (χ1n) is 10.1. The maximum atomic E-state index is 12.6. The molecular formula is C22H22Cl2N4O3. The third-order valence-electron chi connectivity index (χ3n) is 5.52. The first-order valence-corrected chi connectivity index (χ1v) is 10.9. The van der Waals surface area contributed by atoms with E-state index >= 15 is 0 Å². The molecule has 1 fully saturated rings. The summed E-state index contributed by atoms with van der Waals surface area (Å²) in [5.41, 5.74) is 0.587. The van der Waals surface area contributed by atoms with Gasteiger partial charge in [0.25, 0.3) is 5.56 Å². The van der Waals surface area contributed by atoms with Gasteiger partial charge >= 0.3 is 5.69 Å². The topological polar surface area (TPSA) is 78.4 Å². The number of carbonyl (C=O) groups excluding carboxylic acids is 1. The second kappa shape index (κ2) is 9.16. The van der Waals surface area contributed by atoms with E-state index in [0.29, 0.717) is 40.5 Å². The van der Waals surface area contributed by atoms with E-state index in [2.05, 4.69) is 9.88 Å². The Morgan fingerprint density at radius 3 is 2.45 bits per heavy atom. The van der Waals surface area contributed by atoms with Gasteiger partial charge in [0, 0.05) is 54.9 Å². The highest BCUT2D eigenvalue weighted by Gasteiger charge is 2.21. The van der Waals surface area contributed by atoms with Crippen LogP contribution in [0, 0.1) is 0 Å². The van der Waals surface area contributed by atoms with Crippen LogP contribution < -0.4 is 16.1 Å². The highest BCUT2D eigenvalue weighted by Crippen LogP contribution is 2.21. The number of nitrogens with zero attached hydrogens (tertiary/aromatic N) is 3. The molecule has 1 N–H and O–H groups in total. The van der Waals surface area contributed by atoms with Crippen molar-refractivity contribution in [2.24, 2.45) is 0 Å². The fourth-order valence-corrected chi connectivity index (χ4v) is 4.22. The molecule has 0 aliphatic carbocycles. The molecule has 0 radical (unpaired) electrons. The molecule has 1 saturated heterocycles. The molecule has 1 aromatic heterocycles. The second-order valence-electron chi connectivity index (χ2n) is 7.53. The monoisotopic (exact) mass is 460 g/mol. The van der Waals surface area contributed by atoms with Crippen LogP contribution in [0.3, 0.4) is 0 Å². The normalized spacial score (nSPS) is 14.3. The van der Waals surface area contributed by atoms with E-state index in [1.54, 1.807) is 18.2 Å². The number of amides is 1. The molecule has 0 spiro atoms. The number of rotatable bonds is 5. The van der Waals surface area contributed by atoms with Crippen molar-refractivity contribution in [1.29, 1.82) is 0 Å². The van der Waals surface area contributed by atoms with Gasteiger partial charge in [0.05, 0.1) is 10.9 Å². The predicted octanol–water partition coefficient (Wildman–Crippen LogP) is 3.13. The number of anilines is 1. The van der Waals surface area contributed by atoms with Crippen molar-refractivity contribution >= 4 is 45.7 Å². The lowest BCUT2D eigenvalue weighted by Crippen LogP contribution is -2.48. The summed E-state index contributed by atoms with van der Waals surface area (Å²) in [5.74, 6) is 0.0304. The number of hydrogen-bond acceptors (Lipinski definition) is 4. The van der Waals surface area contributed by atoms with E-state index in [9.17, 15) is 14.4 Å². The van der Waals surface area contributed by atoms with Gasteiger partial charge < -0.3 is 14.8 Å². The van der Waals surface area contributed by atoms with E-state index in [1.165, 1.54) is 0 Å². The number of halogens is 2. The minimum Gasteiger partial charge on any atom is -0.368 e. The first-order chi connectivity index (χ1) is 14.9. The Bertz CT molecular complexity index is 1230. The van der Waals surface area contributed by atoms with Crippen LogP contribution in [-0.2, 0) is 11.3 Å². The quantitative estimate of drug-likeness (QED) is 0.634. The van der Waals surface area contributed by atoms with Gasteiger partial charge in [-0.05, 0) is 42.8 Å². The number of benzene rings is 2. The summed E-state index contributed by atoms with van der Waals surface area (Å²) in [4.78, 5) is 44.2. The standard InChI is InChI=1S/C22H22Cl2N4O3/c23-15-3-1-4-17(13-15)26-9-11-27(12-10-26)20(29)5-2-8-28-21(30)18-7-6-16(24)14-19(18)25-22(28)31/h1,3-4,6-7,13-14H,2,5,8-12H2,(H,25,31). The number of carbonyl (C=O) groups is 1. The molecule has 0 bridgehead atoms. The maximum absolute atomic E-state index is 12.6. The Morgan fingerprint density at radius 2 is 1.71 bits per heavy atom. The maximum Gasteiger partial charge on any atom is 0.328 e. The zero-order valence-electron chi connectivity index (χ0n) is 16.8. The molecule has 2 aromatic carbocycles. The van der Waals surface area contributed by atoms with Crippen molar-refractivity contribution in [1.82, 2.24) is 14.5 Å². The Labute approximate surface area is 188 Å². The number of nitrogens with one attached hydrogen (secondary N) is 1. The summed E-state index contributed by atoms with van der Waals surface area (Å²) in [7, 11) is 0. The molecule has 1 amide bonds. The molecule has 0 atom stereocenters. The molecule has 0 saturated carbocycles. The minimum atomic E-state index is -0.498. The molecule has 31 heavy (non-hydrogen) atoms. The molecule has 1 aliphatic rings. The van der Waals surface area contributed by atoms with Crippen molar-refractivity contribution in [3.05, 3.63) is 73.3 Å². The molecule has 4 rings (SSSR count). The van der Waals surface area contributed by atoms with Gasteiger partial charge in [-0.2, -0.15) is 0 Å².